The second kappa shape index (κ2) is 7.58. The van der Waals surface area contributed by atoms with Crippen LogP contribution < -0.4 is 4.90 Å². The molecule has 0 saturated heterocycles. The van der Waals surface area contributed by atoms with Crippen LogP contribution in [0.4, 0.5) is 11.4 Å². The Balaban J connectivity index is 1.39. The van der Waals surface area contributed by atoms with Crippen LogP contribution in [0.5, 0.6) is 0 Å². The van der Waals surface area contributed by atoms with Crippen molar-refractivity contribution in [2.24, 2.45) is 0 Å². The largest absolute Gasteiger partial charge is 0.331 e. The summed E-state index contributed by atoms with van der Waals surface area (Å²) in [6, 6.07) is 21.8. The molecule has 3 aromatic carbocycles. The molecule has 0 aliphatic carbocycles. The summed E-state index contributed by atoms with van der Waals surface area (Å²) in [4.78, 5) is 21.6. The van der Waals surface area contributed by atoms with E-state index in [4.69, 9.17) is 11.6 Å². The Hall–Kier alpha value is -2.76. The van der Waals surface area contributed by atoms with Crippen molar-refractivity contribution in [2.45, 2.75) is 29.2 Å². The Labute approximate surface area is 178 Å². The van der Waals surface area contributed by atoms with E-state index in [1.165, 1.54) is 0 Å². The second-order valence-electron chi connectivity index (χ2n) is 6.94. The van der Waals surface area contributed by atoms with Gasteiger partial charge in [-0.3, -0.25) is 9.69 Å². The third-order valence-electron chi connectivity index (χ3n) is 5.05. The van der Waals surface area contributed by atoms with Crippen LogP contribution in [-0.4, -0.2) is 15.5 Å². The predicted molar refractivity (Wildman–Crippen MR) is 118 cm³/mol. The maximum absolute atomic E-state index is 13.3. The average molecular weight is 420 g/mol. The van der Waals surface area contributed by atoms with Crippen LogP contribution >= 0.6 is 23.4 Å². The van der Waals surface area contributed by atoms with Gasteiger partial charge in [0.15, 0.2) is 0 Å². The van der Waals surface area contributed by atoms with E-state index in [1.54, 1.807) is 11.8 Å². The zero-order chi connectivity index (χ0) is 19.8. The molecule has 6 heteroatoms. The Bertz CT molecular complexity index is 1220. The molecule has 0 spiro atoms. The number of benzene rings is 3. The summed E-state index contributed by atoms with van der Waals surface area (Å²) < 4.78 is 2.10. The number of para-hydroxylation sites is 3. The molecule has 29 heavy (non-hydrogen) atoms. The number of halogens is 1. The number of nitrogens with zero attached hydrogens (tertiary/aromatic N) is 3. The first kappa shape index (κ1) is 18.3. The molecule has 1 aliphatic heterocycles. The number of fused-ring (bicyclic) bond motifs is 3. The zero-order valence-electron chi connectivity index (χ0n) is 15.6. The van der Waals surface area contributed by atoms with Crippen molar-refractivity contribution in [1.29, 1.82) is 0 Å². The number of imidazole rings is 1. The number of anilines is 2. The monoisotopic (exact) mass is 419 g/mol. The minimum atomic E-state index is 0.0747. The molecule has 4 nitrogen and oxygen atoms in total. The zero-order valence-corrected chi connectivity index (χ0v) is 17.2. The van der Waals surface area contributed by atoms with Crippen molar-refractivity contribution < 1.29 is 4.79 Å². The maximum atomic E-state index is 13.3. The molecule has 2 heterocycles. The van der Waals surface area contributed by atoms with Crippen LogP contribution in [0.15, 0.2) is 82.8 Å². The summed E-state index contributed by atoms with van der Waals surface area (Å²) in [5, 5.41) is 0.631. The van der Waals surface area contributed by atoms with E-state index in [2.05, 4.69) is 21.7 Å². The van der Waals surface area contributed by atoms with Gasteiger partial charge in [0, 0.05) is 27.8 Å². The Kier molecular flexibility index (Phi) is 4.78. The highest BCUT2D eigenvalue weighted by molar-refractivity contribution is 7.99. The molecule has 0 bridgehead atoms. The molecule has 1 amide bonds. The molecule has 4 aromatic rings. The number of rotatable bonds is 4. The van der Waals surface area contributed by atoms with Crippen LogP contribution in [-0.2, 0) is 11.3 Å². The van der Waals surface area contributed by atoms with Crippen LogP contribution in [0.2, 0.25) is 5.02 Å². The van der Waals surface area contributed by atoms with Crippen LogP contribution in [0.3, 0.4) is 0 Å². The standard InChI is InChI=1S/C23H18ClN3OS/c24-16-11-12-22-20(14-16)27(19-8-3-4-9-21(19)29-22)23(28)10-5-13-26-15-25-17-6-1-2-7-18(17)26/h1-4,6-9,11-12,14-15H,5,10,13H2. The highest BCUT2D eigenvalue weighted by Crippen LogP contribution is 2.49. The molecule has 0 unspecified atom stereocenters. The van der Waals surface area contributed by atoms with Crippen molar-refractivity contribution in [1.82, 2.24) is 9.55 Å². The van der Waals surface area contributed by atoms with E-state index in [1.807, 2.05) is 65.8 Å². The first-order chi connectivity index (χ1) is 14.2. The van der Waals surface area contributed by atoms with Crippen molar-refractivity contribution >= 4 is 51.7 Å². The lowest BCUT2D eigenvalue weighted by Crippen LogP contribution is -2.28. The Morgan fingerprint density at radius 3 is 2.69 bits per heavy atom. The molecule has 1 aromatic heterocycles. The quantitative estimate of drug-likeness (QED) is 0.389. The van der Waals surface area contributed by atoms with Gasteiger partial charge >= 0.3 is 0 Å². The van der Waals surface area contributed by atoms with Crippen LogP contribution in [0, 0.1) is 0 Å². The number of amides is 1. The Morgan fingerprint density at radius 2 is 1.76 bits per heavy atom. The van der Waals surface area contributed by atoms with E-state index < -0.39 is 0 Å². The van der Waals surface area contributed by atoms with Crippen molar-refractivity contribution in [3.8, 4) is 0 Å². The number of aromatic nitrogens is 2. The topological polar surface area (TPSA) is 38.1 Å². The van der Waals surface area contributed by atoms with Gasteiger partial charge in [-0.05, 0) is 48.9 Å². The number of carbonyl (C=O) groups is 1. The fraction of sp³-hybridized carbons (Fsp3) is 0.130. The first-order valence-corrected chi connectivity index (χ1v) is 10.7. The van der Waals surface area contributed by atoms with E-state index in [-0.39, 0.29) is 5.91 Å². The lowest BCUT2D eigenvalue weighted by Gasteiger charge is -2.31. The van der Waals surface area contributed by atoms with Crippen LogP contribution in [0.1, 0.15) is 12.8 Å². The fourth-order valence-corrected chi connectivity index (χ4v) is 4.90. The molecule has 0 atom stereocenters. The molecule has 1 aliphatic rings. The van der Waals surface area contributed by atoms with E-state index in [0.717, 1.165) is 45.2 Å². The number of aryl methyl sites for hydroxylation is 1. The van der Waals surface area contributed by atoms with Gasteiger partial charge in [0.25, 0.3) is 0 Å². The SMILES string of the molecule is O=C(CCCn1cnc2ccccc21)N1c2ccccc2Sc2ccc(Cl)cc21. The lowest BCUT2D eigenvalue weighted by molar-refractivity contribution is -0.118. The van der Waals surface area contributed by atoms with Crippen molar-refractivity contribution in [2.75, 3.05) is 4.90 Å². The second-order valence-corrected chi connectivity index (χ2v) is 8.46. The van der Waals surface area contributed by atoms with Gasteiger partial charge in [-0.15, -0.1) is 0 Å². The number of carbonyl (C=O) groups excluding carboxylic acids is 1. The maximum Gasteiger partial charge on any atom is 0.231 e. The average Bonchev–Trinajstić information content (AvgIpc) is 3.15. The summed E-state index contributed by atoms with van der Waals surface area (Å²) in [5.41, 5.74) is 3.85. The minimum Gasteiger partial charge on any atom is -0.331 e. The molecule has 5 rings (SSSR count). The smallest absolute Gasteiger partial charge is 0.231 e. The minimum absolute atomic E-state index is 0.0747. The summed E-state index contributed by atoms with van der Waals surface area (Å²) >= 11 is 7.91. The van der Waals surface area contributed by atoms with E-state index in [9.17, 15) is 4.79 Å². The van der Waals surface area contributed by atoms with Crippen molar-refractivity contribution in [3.05, 3.63) is 78.1 Å². The molecule has 0 radical (unpaired) electrons. The fourth-order valence-electron chi connectivity index (χ4n) is 3.70. The summed E-state index contributed by atoms with van der Waals surface area (Å²) in [6.45, 7) is 0.749. The van der Waals surface area contributed by atoms with Gasteiger partial charge in [0.1, 0.15) is 0 Å². The number of hydrogen-bond donors (Lipinski definition) is 0. The summed E-state index contributed by atoms with van der Waals surface area (Å²) in [7, 11) is 0. The molecule has 0 fully saturated rings. The van der Waals surface area contributed by atoms with Gasteiger partial charge in [-0.25, -0.2) is 4.98 Å². The molecular weight excluding hydrogens is 402 g/mol. The van der Waals surface area contributed by atoms with E-state index in [0.29, 0.717) is 11.4 Å². The molecule has 0 N–H and O–H groups in total. The third-order valence-corrected chi connectivity index (χ3v) is 6.42. The predicted octanol–water partition coefficient (Wildman–Crippen LogP) is 6.30. The summed E-state index contributed by atoms with van der Waals surface area (Å²) in [5.74, 6) is 0.0747. The summed E-state index contributed by atoms with van der Waals surface area (Å²) in [6.07, 6.45) is 3.02. The highest BCUT2D eigenvalue weighted by atomic mass is 35.5. The van der Waals surface area contributed by atoms with E-state index >= 15 is 0 Å². The van der Waals surface area contributed by atoms with Gasteiger partial charge in [0.05, 0.1) is 28.7 Å². The number of hydrogen-bond acceptors (Lipinski definition) is 3. The highest BCUT2D eigenvalue weighted by Gasteiger charge is 2.27. The van der Waals surface area contributed by atoms with Crippen LogP contribution in [0.25, 0.3) is 11.0 Å². The molecule has 144 valence electrons. The van der Waals surface area contributed by atoms with Gasteiger partial charge in [-0.1, -0.05) is 47.6 Å². The van der Waals surface area contributed by atoms with Gasteiger partial charge in [0.2, 0.25) is 5.91 Å². The van der Waals surface area contributed by atoms with Gasteiger partial charge < -0.3 is 4.57 Å². The first-order valence-electron chi connectivity index (χ1n) is 9.50. The van der Waals surface area contributed by atoms with Gasteiger partial charge in [-0.2, -0.15) is 0 Å². The third kappa shape index (κ3) is 3.41. The van der Waals surface area contributed by atoms with Crippen molar-refractivity contribution in [3.63, 3.8) is 0 Å². The normalized spacial score (nSPS) is 12.7. The molecule has 0 saturated carbocycles. The molecular formula is C23H18ClN3OS. The lowest BCUT2D eigenvalue weighted by atomic mass is 10.2. The Morgan fingerprint density at radius 1 is 0.966 bits per heavy atom.